The van der Waals surface area contributed by atoms with Gasteiger partial charge in [-0.05, 0) is 65.7 Å². The van der Waals surface area contributed by atoms with E-state index < -0.39 is 5.82 Å². The van der Waals surface area contributed by atoms with Crippen LogP contribution in [0.1, 0.15) is 12.5 Å². The summed E-state index contributed by atoms with van der Waals surface area (Å²) in [7, 11) is 0. The molecule has 0 saturated heterocycles. The second-order valence-electron chi connectivity index (χ2n) is 8.53. The molecule has 0 atom stereocenters. The lowest BCUT2D eigenvalue weighted by Gasteiger charge is -2.05. The first-order valence-corrected chi connectivity index (χ1v) is 11.6. The molecule has 0 amide bonds. The van der Waals surface area contributed by atoms with Crippen molar-refractivity contribution >= 4 is 22.1 Å². The quantitative estimate of drug-likeness (QED) is 0.262. The standard InChI is InChI=1S/C27H22FN7O/c1-2-29-12-15-7-17(14-30-13-15)22-3-4-23-25(32-22)26(35-34-23)24-11-21-20(5-6-31-27(21)33-24)16-8-18(28)10-19(36)9-16/h3-11,13-14,29,36H,2,12H2,1H3,(H,31,33)(H,34,35). The molecule has 4 N–H and O–H groups in total. The zero-order valence-corrected chi connectivity index (χ0v) is 19.4. The van der Waals surface area contributed by atoms with Gasteiger partial charge in [-0.1, -0.05) is 6.92 Å². The molecule has 6 rings (SSSR count). The highest BCUT2D eigenvalue weighted by Crippen LogP contribution is 2.34. The highest BCUT2D eigenvalue weighted by Gasteiger charge is 2.16. The van der Waals surface area contributed by atoms with Crippen molar-refractivity contribution in [1.29, 1.82) is 0 Å². The van der Waals surface area contributed by atoms with E-state index in [0.29, 0.717) is 22.4 Å². The molecule has 6 aromatic rings. The summed E-state index contributed by atoms with van der Waals surface area (Å²) in [5.41, 5.74) is 7.60. The normalized spacial score (nSPS) is 11.5. The van der Waals surface area contributed by atoms with Crippen LogP contribution in [-0.2, 0) is 6.54 Å². The van der Waals surface area contributed by atoms with E-state index in [1.807, 2.05) is 24.4 Å². The third-order valence-corrected chi connectivity index (χ3v) is 6.06. The summed E-state index contributed by atoms with van der Waals surface area (Å²) < 4.78 is 14.0. The van der Waals surface area contributed by atoms with Crippen LogP contribution in [-0.4, -0.2) is 41.8 Å². The van der Waals surface area contributed by atoms with Gasteiger partial charge in [0.2, 0.25) is 0 Å². The average Bonchev–Trinajstić information content (AvgIpc) is 3.50. The molecule has 0 radical (unpaired) electrons. The average molecular weight is 480 g/mol. The van der Waals surface area contributed by atoms with Gasteiger partial charge < -0.3 is 15.4 Å². The van der Waals surface area contributed by atoms with Gasteiger partial charge in [0.25, 0.3) is 0 Å². The van der Waals surface area contributed by atoms with Crippen LogP contribution in [0.4, 0.5) is 4.39 Å². The third kappa shape index (κ3) is 3.95. The second-order valence-corrected chi connectivity index (χ2v) is 8.53. The Balaban J connectivity index is 1.44. The van der Waals surface area contributed by atoms with Crippen LogP contribution in [0.5, 0.6) is 5.75 Å². The largest absolute Gasteiger partial charge is 0.508 e. The first-order chi connectivity index (χ1) is 17.6. The fraction of sp³-hybridized carbons (Fsp3) is 0.111. The second kappa shape index (κ2) is 8.86. The molecular weight excluding hydrogens is 457 g/mol. The van der Waals surface area contributed by atoms with Crippen LogP contribution in [0.2, 0.25) is 0 Å². The van der Waals surface area contributed by atoms with E-state index >= 15 is 0 Å². The molecule has 0 unspecified atom stereocenters. The smallest absolute Gasteiger partial charge is 0.138 e. The van der Waals surface area contributed by atoms with Crippen LogP contribution in [0.3, 0.4) is 0 Å². The van der Waals surface area contributed by atoms with Crippen molar-refractivity contribution in [3.05, 3.63) is 78.5 Å². The number of fused-ring (bicyclic) bond motifs is 2. The van der Waals surface area contributed by atoms with Crippen LogP contribution in [0.25, 0.3) is 55.8 Å². The molecule has 36 heavy (non-hydrogen) atoms. The van der Waals surface area contributed by atoms with E-state index in [1.54, 1.807) is 18.5 Å². The number of pyridine rings is 3. The number of aromatic hydroxyl groups is 1. The molecule has 1 aromatic carbocycles. The van der Waals surface area contributed by atoms with E-state index in [9.17, 15) is 9.50 Å². The molecular formula is C27H22FN7O. The fourth-order valence-corrected chi connectivity index (χ4v) is 4.38. The molecule has 0 aliphatic heterocycles. The van der Waals surface area contributed by atoms with Crippen molar-refractivity contribution in [2.75, 3.05) is 6.54 Å². The number of hydrogen-bond donors (Lipinski definition) is 4. The van der Waals surface area contributed by atoms with Crippen LogP contribution in [0.15, 0.2) is 67.1 Å². The molecule has 9 heteroatoms. The Hall–Kier alpha value is -4.63. The van der Waals surface area contributed by atoms with Crippen molar-refractivity contribution < 1.29 is 9.50 Å². The molecule has 5 heterocycles. The highest BCUT2D eigenvalue weighted by molar-refractivity contribution is 5.99. The SMILES string of the molecule is CCNCc1cncc(-c2ccc3[nH]nc(-c4cc5c(-c6cc(O)cc(F)c6)ccnc5[nH]4)c3n2)c1. The number of H-pyrrole nitrogens is 2. The first kappa shape index (κ1) is 21.9. The maximum Gasteiger partial charge on any atom is 0.138 e. The lowest BCUT2D eigenvalue weighted by atomic mass is 10.0. The Morgan fingerprint density at radius 1 is 1.03 bits per heavy atom. The summed E-state index contributed by atoms with van der Waals surface area (Å²) in [4.78, 5) is 17.0. The fourth-order valence-electron chi connectivity index (χ4n) is 4.38. The first-order valence-electron chi connectivity index (χ1n) is 11.6. The Morgan fingerprint density at radius 2 is 1.94 bits per heavy atom. The Kier molecular flexibility index (Phi) is 5.38. The van der Waals surface area contributed by atoms with E-state index in [0.717, 1.165) is 58.1 Å². The summed E-state index contributed by atoms with van der Waals surface area (Å²) >= 11 is 0. The van der Waals surface area contributed by atoms with E-state index in [-0.39, 0.29) is 5.75 Å². The number of aromatic amines is 2. The summed E-state index contributed by atoms with van der Waals surface area (Å²) in [6, 6.07) is 13.7. The minimum Gasteiger partial charge on any atom is -0.508 e. The molecule has 5 aromatic heterocycles. The third-order valence-electron chi connectivity index (χ3n) is 6.06. The Morgan fingerprint density at radius 3 is 2.81 bits per heavy atom. The lowest BCUT2D eigenvalue weighted by molar-refractivity contribution is 0.469. The molecule has 0 aliphatic rings. The summed E-state index contributed by atoms with van der Waals surface area (Å²) in [5, 5.41) is 21.5. The molecule has 0 saturated carbocycles. The number of aromatic nitrogens is 6. The van der Waals surface area contributed by atoms with Crippen molar-refractivity contribution in [3.63, 3.8) is 0 Å². The van der Waals surface area contributed by atoms with Crippen molar-refractivity contribution in [2.24, 2.45) is 0 Å². The number of nitrogens with one attached hydrogen (secondary N) is 3. The molecule has 0 fully saturated rings. The lowest BCUT2D eigenvalue weighted by Crippen LogP contribution is -2.11. The number of hydrogen-bond acceptors (Lipinski definition) is 6. The van der Waals surface area contributed by atoms with Gasteiger partial charge in [-0.2, -0.15) is 5.10 Å². The van der Waals surface area contributed by atoms with Crippen LogP contribution < -0.4 is 5.32 Å². The molecule has 0 spiro atoms. The Labute approximate surface area is 205 Å². The number of phenols is 1. The summed E-state index contributed by atoms with van der Waals surface area (Å²) in [6.45, 7) is 3.69. The maximum absolute atomic E-state index is 14.0. The number of phenolic OH excluding ortho intramolecular Hbond substituents is 1. The van der Waals surface area contributed by atoms with Crippen molar-refractivity contribution in [2.45, 2.75) is 13.5 Å². The summed E-state index contributed by atoms with van der Waals surface area (Å²) in [6.07, 6.45) is 5.30. The zero-order valence-electron chi connectivity index (χ0n) is 19.4. The summed E-state index contributed by atoms with van der Waals surface area (Å²) in [5.74, 6) is -0.644. The maximum atomic E-state index is 14.0. The van der Waals surface area contributed by atoms with Gasteiger partial charge in [-0.15, -0.1) is 0 Å². The molecule has 0 bridgehead atoms. The van der Waals surface area contributed by atoms with Gasteiger partial charge in [-0.3, -0.25) is 10.1 Å². The van der Waals surface area contributed by atoms with E-state index in [4.69, 9.17) is 4.98 Å². The van der Waals surface area contributed by atoms with Gasteiger partial charge in [-0.25, -0.2) is 14.4 Å². The van der Waals surface area contributed by atoms with Gasteiger partial charge >= 0.3 is 0 Å². The van der Waals surface area contributed by atoms with Crippen LogP contribution >= 0.6 is 0 Å². The number of benzene rings is 1. The van der Waals surface area contributed by atoms with E-state index in [1.165, 1.54) is 12.1 Å². The minimum atomic E-state index is -0.509. The minimum absolute atomic E-state index is 0.134. The van der Waals surface area contributed by atoms with E-state index in [2.05, 4.69) is 43.5 Å². The van der Waals surface area contributed by atoms with Gasteiger partial charge in [0.05, 0.1) is 16.9 Å². The van der Waals surface area contributed by atoms with Crippen LogP contribution in [0, 0.1) is 5.82 Å². The number of rotatable bonds is 6. The van der Waals surface area contributed by atoms with Gasteiger partial charge in [0, 0.05) is 42.2 Å². The number of halogens is 1. The highest BCUT2D eigenvalue weighted by atomic mass is 19.1. The molecule has 8 nitrogen and oxygen atoms in total. The van der Waals surface area contributed by atoms with Crippen molar-refractivity contribution in [3.8, 4) is 39.5 Å². The predicted molar refractivity (Wildman–Crippen MR) is 137 cm³/mol. The van der Waals surface area contributed by atoms with Gasteiger partial charge in [0.15, 0.2) is 0 Å². The zero-order chi connectivity index (χ0) is 24.6. The Bertz CT molecular complexity index is 1700. The molecule has 0 aliphatic carbocycles. The van der Waals surface area contributed by atoms with Crippen molar-refractivity contribution in [1.82, 2.24) is 35.5 Å². The predicted octanol–water partition coefficient (Wildman–Crippen LogP) is 5.18. The topological polar surface area (TPSA) is 115 Å². The number of nitrogens with zero attached hydrogens (tertiary/aromatic N) is 4. The molecule has 178 valence electrons. The monoisotopic (exact) mass is 479 g/mol. The van der Waals surface area contributed by atoms with Gasteiger partial charge in [0.1, 0.15) is 28.4 Å².